The number of nitro benzene ring substituents is 1. The summed E-state index contributed by atoms with van der Waals surface area (Å²) < 4.78 is 10.4. The van der Waals surface area contributed by atoms with E-state index in [9.17, 15) is 19.7 Å². The van der Waals surface area contributed by atoms with Gasteiger partial charge in [0.15, 0.2) is 11.5 Å². The highest BCUT2D eigenvalue weighted by molar-refractivity contribution is 6.05. The molecule has 2 rings (SSSR count). The van der Waals surface area contributed by atoms with E-state index >= 15 is 0 Å². The quantitative estimate of drug-likeness (QED) is 0.370. The van der Waals surface area contributed by atoms with Crippen molar-refractivity contribution in [3.05, 3.63) is 46.0 Å². The average Bonchev–Trinajstić information content (AvgIpc) is 2.60. The van der Waals surface area contributed by atoms with Gasteiger partial charge in [-0.15, -0.1) is 0 Å². The van der Waals surface area contributed by atoms with Crippen LogP contribution in [0.15, 0.2) is 35.3 Å². The van der Waals surface area contributed by atoms with Crippen molar-refractivity contribution in [3.63, 3.8) is 0 Å². The van der Waals surface area contributed by atoms with Gasteiger partial charge in [-0.05, 0) is 23.8 Å². The van der Waals surface area contributed by atoms with Gasteiger partial charge in [-0.3, -0.25) is 14.9 Å². The molecule has 0 aromatic heterocycles. The summed E-state index contributed by atoms with van der Waals surface area (Å²) in [5, 5.41) is 10.8. The van der Waals surface area contributed by atoms with Crippen molar-refractivity contribution < 1.29 is 24.0 Å². The molecular weight excluding hydrogens is 330 g/mol. The molecule has 0 unspecified atom stereocenters. The molecule has 0 bridgehead atoms. The zero-order valence-electron chi connectivity index (χ0n) is 13.3. The van der Waals surface area contributed by atoms with E-state index in [1.165, 1.54) is 50.6 Å². The van der Waals surface area contributed by atoms with Gasteiger partial charge in [0.1, 0.15) is 5.69 Å². The van der Waals surface area contributed by atoms with E-state index in [1.54, 1.807) is 0 Å². The lowest BCUT2D eigenvalue weighted by Crippen LogP contribution is -2.13. The Kier molecular flexibility index (Phi) is 5.11. The summed E-state index contributed by atoms with van der Waals surface area (Å²) in [6, 6.07) is 6.68. The maximum absolute atomic E-state index is 11.9. The van der Waals surface area contributed by atoms with Gasteiger partial charge in [-0.2, -0.15) is 4.99 Å². The second-order valence-electron chi connectivity index (χ2n) is 4.75. The zero-order chi connectivity index (χ0) is 18.6. The first-order chi connectivity index (χ1) is 11.9. The first-order valence-corrected chi connectivity index (χ1v) is 6.86. The largest absolute Gasteiger partial charge is 0.493 e. The van der Waals surface area contributed by atoms with Crippen LogP contribution in [0.3, 0.4) is 0 Å². The number of hydrogen-bond acceptors (Lipinski definition) is 7. The molecule has 0 saturated carbocycles. The van der Waals surface area contributed by atoms with Crippen LogP contribution < -0.4 is 15.2 Å². The number of amides is 1. The molecule has 128 valence electrons. The maximum atomic E-state index is 11.9. The monoisotopic (exact) mass is 343 g/mol. The zero-order valence-corrected chi connectivity index (χ0v) is 13.3. The lowest BCUT2D eigenvalue weighted by atomic mass is 9.95. The van der Waals surface area contributed by atoms with Crippen LogP contribution in [0.25, 0.3) is 11.1 Å². The van der Waals surface area contributed by atoms with Crippen LogP contribution in [-0.2, 0) is 4.79 Å². The van der Waals surface area contributed by atoms with Gasteiger partial charge in [0.25, 0.3) is 5.69 Å². The molecule has 0 fully saturated rings. The molecule has 0 aliphatic heterocycles. The number of primary amides is 1. The number of nitro groups is 1. The summed E-state index contributed by atoms with van der Waals surface area (Å²) in [6.07, 6.45) is 1.40. The molecule has 2 aromatic rings. The van der Waals surface area contributed by atoms with E-state index in [1.807, 2.05) is 0 Å². The number of carbonyl (C=O) groups excluding carboxylic acids is 2. The Morgan fingerprint density at radius 3 is 2.32 bits per heavy atom. The smallest absolute Gasteiger partial charge is 0.269 e. The van der Waals surface area contributed by atoms with E-state index < -0.39 is 10.8 Å². The predicted molar refractivity (Wildman–Crippen MR) is 87.9 cm³/mol. The van der Waals surface area contributed by atoms with Gasteiger partial charge in [0.2, 0.25) is 12.0 Å². The summed E-state index contributed by atoms with van der Waals surface area (Å²) in [5.41, 5.74) is 5.86. The summed E-state index contributed by atoms with van der Waals surface area (Å²) in [6.45, 7) is 0. The summed E-state index contributed by atoms with van der Waals surface area (Å²) in [5.74, 6) is -0.545. The lowest BCUT2D eigenvalue weighted by Gasteiger charge is -2.16. The second kappa shape index (κ2) is 7.24. The third-order valence-electron chi connectivity index (χ3n) is 3.43. The molecule has 0 saturated heterocycles. The van der Waals surface area contributed by atoms with E-state index in [4.69, 9.17) is 15.2 Å². The first-order valence-electron chi connectivity index (χ1n) is 6.86. The van der Waals surface area contributed by atoms with Gasteiger partial charge >= 0.3 is 0 Å². The standard InChI is InChI=1S/C16H13N3O6/c1-24-12-7-11(16(17)21)13(14(18-8-20)15(12)25-2)9-3-5-10(6-4-9)19(22)23/h3-7H,1-2H3,(H2,17,21). The highest BCUT2D eigenvalue weighted by atomic mass is 16.6. The van der Waals surface area contributed by atoms with Crippen molar-refractivity contribution in [1.82, 2.24) is 0 Å². The van der Waals surface area contributed by atoms with Crippen LogP contribution >= 0.6 is 0 Å². The SMILES string of the molecule is COc1cc(C(N)=O)c(-c2ccc([N+](=O)[O-])cc2)c(N=C=O)c1OC. The van der Waals surface area contributed by atoms with Gasteiger partial charge in [-0.25, -0.2) is 4.79 Å². The third kappa shape index (κ3) is 3.31. The van der Waals surface area contributed by atoms with Crippen LogP contribution in [0.4, 0.5) is 11.4 Å². The number of rotatable bonds is 6. The summed E-state index contributed by atoms with van der Waals surface area (Å²) in [4.78, 5) is 36.6. The fourth-order valence-electron chi connectivity index (χ4n) is 2.36. The molecule has 0 heterocycles. The Morgan fingerprint density at radius 2 is 1.88 bits per heavy atom. The summed E-state index contributed by atoms with van der Waals surface area (Å²) >= 11 is 0. The molecule has 0 spiro atoms. The van der Waals surface area contributed by atoms with Crippen molar-refractivity contribution in [3.8, 4) is 22.6 Å². The average molecular weight is 343 g/mol. The van der Waals surface area contributed by atoms with Crippen molar-refractivity contribution >= 4 is 23.4 Å². The Labute approximate surface area is 141 Å². The van der Waals surface area contributed by atoms with Gasteiger partial charge in [0.05, 0.1) is 24.7 Å². The number of nitrogens with zero attached hydrogens (tertiary/aromatic N) is 2. The highest BCUT2D eigenvalue weighted by Crippen LogP contribution is 2.46. The fourth-order valence-corrected chi connectivity index (χ4v) is 2.36. The molecule has 1 amide bonds. The van der Waals surface area contributed by atoms with Crippen LogP contribution in [-0.4, -0.2) is 31.1 Å². The van der Waals surface area contributed by atoms with Crippen molar-refractivity contribution in [2.75, 3.05) is 14.2 Å². The minimum atomic E-state index is -0.795. The Morgan fingerprint density at radius 1 is 1.24 bits per heavy atom. The van der Waals surface area contributed by atoms with E-state index in [0.29, 0.717) is 5.56 Å². The normalized spacial score (nSPS) is 9.84. The van der Waals surface area contributed by atoms with Crippen LogP contribution in [0.5, 0.6) is 11.5 Å². The number of isocyanates is 1. The molecule has 25 heavy (non-hydrogen) atoms. The minimum Gasteiger partial charge on any atom is -0.493 e. The topological polar surface area (TPSA) is 134 Å². The van der Waals surface area contributed by atoms with E-state index in [0.717, 1.165) is 0 Å². The van der Waals surface area contributed by atoms with Crippen molar-refractivity contribution in [2.45, 2.75) is 0 Å². The Hall–Kier alpha value is -3.71. The molecule has 0 aliphatic rings. The molecule has 2 aromatic carbocycles. The highest BCUT2D eigenvalue weighted by Gasteiger charge is 2.24. The van der Waals surface area contributed by atoms with Crippen LogP contribution in [0.1, 0.15) is 10.4 Å². The number of benzene rings is 2. The van der Waals surface area contributed by atoms with E-state index in [-0.39, 0.29) is 34.0 Å². The number of non-ortho nitro benzene ring substituents is 1. The fraction of sp³-hybridized carbons (Fsp3) is 0.125. The van der Waals surface area contributed by atoms with Crippen LogP contribution in [0.2, 0.25) is 0 Å². The number of nitrogens with two attached hydrogens (primary N) is 1. The van der Waals surface area contributed by atoms with Crippen molar-refractivity contribution in [1.29, 1.82) is 0 Å². The lowest BCUT2D eigenvalue weighted by molar-refractivity contribution is -0.384. The first kappa shape index (κ1) is 17.6. The molecule has 0 radical (unpaired) electrons. The van der Waals surface area contributed by atoms with Gasteiger partial charge in [0, 0.05) is 17.7 Å². The Bertz CT molecular complexity index is 886. The predicted octanol–water partition coefficient (Wildman–Crippen LogP) is 2.35. The number of methoxy groups -OCH3 is 2. The molecule has 0 atom stereocenters. The number of carbonyl (C=O) groups is 1. The second-order valence-corrected chi connectivity index (χ2v) is 4.75. The molecule has 0 aliphatic carbocycles. The molecule has 9 nitrogen and oxygen atoms in total. The van der Waals surface area contributed by atoms with E-state index in [2.05, 4.69) is 4.99 Å². The van der Waals surface area contributed by atoms with Gasteiger partial charge in [-0.1, -0.05) is 0 Å². The molecule has 9 heteroatoms. The number of hydrogen-bond donors (Lipinski definition) is 1. The minimum absolute atomic E-state index is 0.0143. The number of ether oxygens (including phenoxy) is 2. The summed E-state index contributed by atoms with van der Waals surface area (Å²) in [7, 11) is 2.69. The molecule has 2 N–H and O–H groups in total. The molecular formula is C16H13N3O6. The number of aliphatic imine (C=N–C) groups is 1. The third-order valence-corrected chi connectivity index (χ3v) is 3.43. The van der Waals surface area contributed by atoms with Gasteiger partial charge < -0.3 is 15.2 Å². The van der Waals surface area contributed by atoms with Crippen LogP contribution in [0, 0.1) is 10.1 Å². The maximum Gasteiger partial charge on any atom is 0.269 e. The van der Waals surface area contributed by atoms with Crippen molar-refractivity contribution in [2.24, 2.45) is 10.7 Å². The Balaban J connectivity index is 2.87.